The average molecular weight is 529 g/mol. The first kappa shape index (κ1) is 27.3. The lowest BCUT2D eigenvalue weighted by Gasteiger charge is -2.27. The number of nitrogens with one attached hydrogen (secondary N) is 2. The molecule has 1 aromatic heterocycles. The molecule has 4 N–H and O–H groups in total. The molecule has 1 atom stereocenters. The quantitative estimate of drug-likeness (QED) is 0.327. The molecule has 0 bridgehead atoms. The number of guanidine groups is 1. The maximum absolute atomic E-state index is 13.8. The Balaban J connectivity index is 1.36. The van der Waals surface area contributed by atoms with Crippen molar-refractivity contribution < 1.29 is 19.1 Å². The maximum Gasteiger partial charge on any atom is 0.407 e. The zero-order valence-electron chi connectivity index (χ0n) is 21.7. The summed E-state index contributed by atoms with van der Waals surface area (Å²) >= 11 is 0. The van der Waals surface area contributed by atoms with Crippen LogP contribution in [0.25, 0.3) is 0 Å². The van der Waals surface area contributed by atoms with Gasteiger partial charge in [-0.05, 0) is 41.7 Å². The number of aromatic nitrogens is 1. The smallest absolute Gasteiger partial charge is 0.407 e. The lowest BCUT2D eigenvalue weighted by molar-refractivity contribution is -0.130. The van der Waals surface area contributed by atoms with Gasteiger partial charge < -0.3 is 21.1 Å². The molecule has 0 fully saturated rings. The number of rotatable bonds is 11. The number of hydrogen-bond donors (Lipinski definition) is 3. The van der Waals surface area contributed by atoms with Crippen LogP contribution in [0.1, 0.15) is 29.5 Å². The Hall–Kier alpha value is -4.73. The molecule has 0 spiro atoms. The minimum atomic E-state index is -1.24. The molecule has 1 aliphatic rings. The van der Waals surface area contributed by atoms with Crippen molar-refractivity contribution in [1.82, 2.24) is 20.5 Å². The minimum absolute atomic E-state index is 0.163. The summed E-state index contributed by atoms with van der Waals surface area (Å²) in [6, 6.07) is 21.6. The molecule has 2 aromatic carbocycles. The van der Waals surface area contributed by atoms with E-state index >= 15 is 0 Å². The third kappa shape index (κ3) is 6.23. The van der Waals surface area contributed by atoms with Crippen molar-refractivity contribution in [3.05, 3.63) is 102 Å². The molecule has 10 nitrogen and oxygen atoms in total. The molecule has 3 amide bonds. The summed E-state index contributed by atoms with van der Waals surface area (Å²) in [6.45, 7) is 0.711. The Kier molecular flexibility index (Phi) is 8.88. The van der Waals surface area contributed by atoms with E-state index in [1.807, 2.05) is 60.7 Å². The molecule has 2 heterocycles. The van der Waals surface area contributed by atoms with E-state index in [1.165, 1.54) is 12.0 Å². The standard InChI is InChI=1S/C29H32N6O4/c1-39-28(38)33-24(20-21-14-17-31-18-15-21)25(36)32-16-8-9-19-35-26(37)29(34-27(35)30,22-10-4-2-5-11-22)23-12-6-3-7-13-23/h2-7,10-15,17-18,24H,8-9,16,19-20H2,1H3,(H2,30,34)(H,32,36)(H,33,38). The van der Waals surface area contributed by atoms with Gasteiger partial charge in [-0.2, -0.15) is 0 Å². The molecule has 10 heteroatoms. The molecule has 0 radical (unpaired) electrons. The number of methoxy groups -OCH3 is 1. The molecule has 0 saturated heterocycles. The van der Waals surface area contributed by atoms with Crippen LogP contribution in [0.2, 0.25) is 0 Å². The number of amides is 3. The van der Waals surface area contributed by atoms with Crippen LogP contribution in [0.4, 0.5) is 4.79 Å². The Labute approximate surface area is 227 Å². The highest BCUT2D eigenvalue weighted by molar-refractivity contribution is 6.09. The highest BCUT2D eigenvalue weighted by Gasteiger charge is 2.50. The van der Waals surface area contributed by atoms with Crippen molar-refractivity contribution in [3.63, 3.8) is 0 Å². The molecule has 1 unspecified atom stereocenters. The number of hydrogen-bond acceptors (Lipinski definition) is 7. The number of alkyl carbamates (subject to hydrolysis) is 1. The van der Waals surface area contributed by atoms with E-state index in [4.69, 9.17) is 10.7 Å². The first-order chi connectivity index (χ1) is 19.0. The lowest BCUT2D eigenvalue weighted by atomic mass is 9.83. The second-order valence-corrected chi connectivity index (χ2v) is 9.12. The van der Waals surface area contributed by atoms with Gasteiger partial charge in [0.1, 0.15) is 6.04 Å². The van der Waals surface area contributed by atoms with Crippen LogP contribution >= 0.6 is 0 Å². The number of aliphatic imine (C=N–C) groups is 1. The fourth-order valence-corrected chi connectivity index (χ4v) is 4.59. The van der Waals surface area contributed by atoms with Gasteiger partial charge >= 0.3 is 6.09 Å². The first-order valence-electron chi connectivity index (χ1n) is 12.7. The zero-order valence-corrected chi connectivity index (χ0v) is 21.7. The fraction of sp³-hybridized carbons (Fsp3) is 0.276. The van der Waals surface area contributed by atoms with E-state index < -0.39 is 17.7 Å². The third-order valence-electron chi connectivity index (χ3n) is 6.59. The van der Waals surface area contributed by atoms with Gasteiger partial charge in [0.2, 0.25) is 5.91 Å². The second-order valence-electron chi connectivity index (χ2n) is 9.12. The van der Waals surface area contributed by atoms with Gasteiger partial charge in [0.15, 0.2) is 11.5 Å². The summed E-state index contributed by atoms with van der Waals surface area (Å²) in [5, 5.41) is 5.43. The van der Waals surface area contributed by atoms with Gasteiger partial charge in [0.25, 0.3) is 5.91 Å². The summed E-state index contributed by atoms with van der Waals surface area (Å²) in [7, 11) is 1.25. The summed E-state index contributed by atoms with van der Waals surface area (Å²) in [4.78, 5) is 48.6. The van der Waals surface area contributed by atoms with E-state index in [9.17, 15) is 14.4 Å². The topological polar surface area (TPSA) is 139 Å². The van der Waals surface area contributed by atoms with Crippen molar-refractivity contribution in [2.45, 2.75) is 30.8 Å². The molecule has 0 saturated carbocycles. The number of benzene rings is 2. The predicted molar refractivity (Wildman–Crippen MR) is 147 cm³/mol. The number of carbonyl (C=O) groups excluding carboxylic acids is 3. The molecule has 39 heavy (non-hydrogen) atoms. The summed E-state index contributed by atoms with van der Waals surface area (Å²) in [5.41, 5.74) is 7.39. The molecule has 4 rings (SSSR count). The van der Waals surface area contributed by atoms with Crippen molar-refractivity contribution in [2.24, 2.45) is 10.7 Å². The van der Waals surface area contributed by atoms with E-state index in [0.29, 0.717) is 32.4 Å². The Bertz CT molecular complexity index is 1260. The number of unbranched alkanes of at least 4 members (excludes halogenated alkanes) is 1. The normalized spacial score (nSPS) is 14.8. The van der Waals surface area contributed by atoms with Gasteiger partial charge in [-0.15, -0.1) is 0 Å². The van der Waals surface area contributed by atoms with Gasteiger partial charge in [0.05, 0.1) is 7.11 Å². The molecule has 202 valence electrons. The van der Waals surface area contributed by atoms with Gasteiger partial charge in [-0.3, -0.25) is 19.5 Å². The molecule has 1 aliphatic heterocycles. The van der Waals surface area contributed by atoms with Crippen LogP contribution in [-0.2, 0) is 26.3 Å². The largest absolute Gasteiger partial charge is 0.453 e. The van der Waals surface area contributed by atoms with E-state index in [2.05, 4.69) is 20.4 Å². The van der Waals surface area contributed by atoms with E-state index in [-0.39, 0.29) is 17.8 Å². The fourth-order valence-electron chi connectivity index (χ4n) is 4.59. The number of nitrogens with two attached hydrogens (primary N) is 1. The van der Waals surface area contributed by atoms with Crippen molar-refractivity contribution in [1.29, 1.82) is 0 Å². The Morgan fingerprint density at radius 1 is 0.974 bits per heavy atom. The summed E-state index contributed by atoms with van der Waals surface area (Å²) < 4.78 is 4.67. The first-order valence-corrected chi connectivity index (χ1v) is 12.7. The second kappa shape index (κ2) is 12.7. The number of pyridine rings is 1. The van der Waals surface area contributed by atoms with Gasteiger partial charge in [-0.1, -0.05) is 60.7 Å². The SMILES string of the molecule is COC(=O)NC(Cc1ccncc1)C(=O)NCCCCN1C(=O)C(c2ccccc2)(c2ccccc2)N=C1N. The summed E-state index contributed by atoms with van der Waals surface area (Å²) in [5.74, 6) is -0.375. The lowest BCUT2D eigenvalue weighted by Crippen LogP contribution is -2.48. The average Bonchev–Trinajstić information content (AvgIpc) is 3.23. The van der Waals surface area contributed by atoms with Crippen LogP contribution < -0.4 is 16.4 Å². The molecule has 3 aromatic rings. The van der Waals surface area contributed by atoms with Crippen molar-refractivity contribution >= 4 is 23.9 Å². The van der Waals surface area contributed by atoms with Crippen LogP contribution in [0.15, 0.2) is 90.2 Å². The van der Waals surface area contributed by atoms with E-state index in [0.717, 1.165) is 16.7 Å². The summed E-state index contributed by atoms with van der Waals surface area (Å²) in [6.07, 6.45) is 4.03. The number of nitrogens with zero attached hydrogens (tertiary/aromatic N) is 3. The molecular weight excluding hydrogens is 496 g/mol. The van der Waals surface area contributed by atoms with E-state index in [1.54, 1.807) is 24.5 Å². The maximum atomic E-state index is 13.8. The monoisotopic (exact) mass is 528 g/mol. The highest BCUT2D eigenvalue weighted by atomic mass is 16.5. The van der Waals surface area contributed by atoms with Crippen LogP contribution in [0.5, 0.6) is 0 Å². The van der Waals surface area contributed by atoms with Crippen molar-refractivity contribution in [2.75, 3.05) is 20.2 Å². The third-order valence-corrected chi connectivity index (χ3v) is 6.59. The minimum Gasteiger partial charge on any atom is -0.453 e. The van der Waals surface area contributed by atoms with Crippen LogP contribution in [-0.4, -0.2) is 60.0 Å². The highest BCUT2D eigenvalue weighted by Crippen LogP contribution is 2.39. The van der Waals surface area contributed by atoms with Gasteiger partial charge in [0, 0.05) is 31.9 Å². The van der Waals surface area contributed by atoms with Crippen molar-refractivity contribution in [3.8, 4) is 0 Å². The Morgan fingerprint density at radius 3 is 2.18 bits per heavy atom. The number of carbonyl (C=O) groups is 3. The molecular formula is C29H32N6O4. The molecule has 0 aliphatic carbocycles. The zero-order chi connectivity index (χ0) is 27.7. The number of ether oxygens (including phenoxy) is 1. The Morgan fingerprint density at radius 2 is 1.59 bits per heavy atom. The predicted octanol–water partition coefficient (Wildman–Crippen LogP) is 2.35. The van der Waals surface area contributed by atoms with Crippen LogP contribution in [0.3, 0.4) is 0 Å². The van der Waals surface area contributed by atoms with Crippen LogP contribution in [0, 0.1) is 0 Å². The van der Waals surface area contributed by atoms with Gasteiger partial charge in [-0.25, -0.2) is 9.79 Å².